The number of hydrogen-bond acceptors (Lipinski definition) is 5. The average molecular weight is 519 g/mol. The second kappa shape index (κ2) is 8.79. The van der Waals surface area contributed by atoms with E-state index in [2.05, 4.69) is 20.8 Å². The van der Waals surface area contributed by atoms with Gasteiger partial charge in [0.1, 0.15) is 0 Å². The number of aliphatic carboxylic acids is 2. The Morgan fingerprint density at radius 1 is 0.892 bits per heavy atom. The van der Waals surface area contributed by atoms with Gasteiger partial charge in [0.15, 0.2) is 0 Å². The lowest BCUT2D eigenvalue weighted by Crippen LogP contribution is -2.60. The SMILES string of the molecule is CO[C@@H]1CC2=C(CC[C@@]3(C(=O)O)CCC(C)(C)[C@@H](O)[C@@H]23)[C@@H]2CC[C@@H]3[C@](C)(CC[C@@H](O)[C@]3(C)C(=O)O)[C@H]2C1. The van der Waals surface area contributed by atoms with Crippen molar-refractivity contribution in [3.63, 3.8) is 0 Å². The molecule has 5 aliphatic carbocycles. The zero-order valence-corrected chi connectivity index (χ0v) is 23.1. The maximum Gasteiger partial charge on any atom is 0.312 e. The van der Waals surface area contributed by atoms with Gasteiger partial charge >= 0.3 is 11.9 Å². The van der Waals surface area contributed by atoms with E-state index >= 15 is 0 Å². The lowest BCUT2D eigenvalue weighted by molar-refractivity contribution is -0.191. The van der Waals surface area contributed by atoms with Gasteiger partial charge in [-0.3, -0.25) is 9.59 Å². The number of methoxy groups -OCH3 is 1. The topological polar surface area (TPSA) is 124 Å². The van der Waals surface area contributed by atoms with Crippen molar-refractivity contribution in [3.8, 4) is 0 Å². The van der Waals surface area contributed by atoms with Crippen LogP contribution in [0.25, 0.3) is 0 Å². The highest BCUT2D eigenvalue weighted by Crippen LogP contribution is 2.67. The first-order chi connectivity index (χ1) is 17.2. The molecule has 3 fully saturated rings. The van der Waals surface area contributed by atoms with Crippen LogP contribution < -0.4 is 0 Å². The van der Waals surface area contributed by atoms with Crippen LogP contribution in [0.3, 0.4) is 0 Å². The summed E-state index contributed by atoms with van der Waals surface area (Å²) in [6.45, 7) is 8.08. The van der Waals surface area contributed by atoms with Crippen molar-refractivity contribution in [2.75, 3.05) is 7.11 Å². The quantitative estimate of drug-likeness (QED) is 0.401. The molecular formula is C30H46O7. The van der Waals surface area contributed by atoms with Crippen LogP contribution in [-0.4, -0.2) is 57.8 Å². The van der Waals surface area contributed by atoms with Gasteiger partial charge in [0.2, 0.25) is 0 Å². The molecule has 4 N–H and O–H groups in total. The zero-order valence-electron chi connectivity index (χ0n) is 23.1. The first-order valence-electron chi connectivity index (χ1n) is 14.3. The smallest absolute Gasteiger partial charge is 0.312 e. The molecule has 3 saturated carbocycles. The minimum absolute atomic E-state index is 0.111. The van der Waals surface area contributed by atoms with Crippen molar-refractivity contribution in [2.24, 2.45) is 45.3 Å². The molecule has 0 heterocycles. The third-order valence-corrected chi connectivity index (χ3v) is 12.5. The molecule has 0 unspecified atom stereocenters. The number of carbonyl (C=O) groups is 2. The summed E-state index contributed by atoms with van der Waals surface area (Å²) in [5.74, 6) is -1.83. The van der Waals surface area contributed by atoms with Crippen LogP contribution in [0, 0.1) is 45.3 Å². The van der Waals surface area contributed by atoms with Crippen LogP contribution in [0.5, 0.6) is 0 Å². The molecule has 0 aliphatic heterocycles. The summed E-state index contributed by atoms with van der Waals surface area (Å²) in [5, 5.41) is 43.4. The number of ether oxygens (including phenoxy) is 1. The highest BCUT2D eigenvalue weighted by Gasteiger charge is 2.65. The third-order valence-electron chi connectivity index (χ3n) is 12.5. The molecule has 0 aromatic carbocycles. The molecule has 0 aromatic heterocycles. The summed E-state index contributed by atoms with van der Waals surface area (Å²) < 4.78 is 6.05. The maximum absolute atomic E-state index is 12.8. The Hall–Kier alpha value is -1.44. The Bertz CT molecular complexity index is 1000. The molecule has 5 rings (SSSR count). The minimum Gasteiger partial charge on any atom is -0.481 e. The molecule has 10 atom stereocenters. The number of carboxylic acid groups (broad SMARTS) is 2. The second-order valence-corrected chi connectivity index (χ2v) is 14.2. The van der Waals surface area contributed by atoms with Gasteiger partial charge in [0, 0.05) is 13.0 Å². The summed E-state index contributed by atoms with van der Waals surface area (Å²) in [6.07, 6.45) is 5.08. The Balaban J connectivity index is 1.63. The van der Waals surface area contributed by atoms with E-state index in [4.69, 9.17) is 4.74 Å². The first kappa shape index (κ1) is 27.1. The molecule has 0 saturated heterocycles. The van der Waals surface area contributed by atoms with E-state index in [1.165, 1.54) is 5.57 Å². The summed E-state index contributed by atoms with van der Waals surface area (Å²) in [5.41, 5.74) is -0.305. The van der Waals surface area contributed by atoms with Crippen molar-refractivity contribution >= 4 is 11.9 Å². The molecule has 0 amide bonds. The predicted octanol–water partition coefficient (Wildman–Crippen LogP) is 4.65. The van der Waals surface area contributed by atoms with E-state index in [1.807, 2.05) is 0 Å². The van der Waals surface area contributed by atoms with E-state index in [-0.39, 0.29) is 34.7 Å². The van der Waals surface area contributed by atoms with E-state index in [0.717, 1.165) is 37.7 Å². The van der Waals surface area contributed by atoms with E-state index < -0.39 is 40.9 Å². The van der Waals surface area contributed by atoms with Crippen LogP contribution in [0.4, 0.5) is 0 Å². The van der Waals surface area contributed by atoms with Gasteiger partial charge in [0.25, 0.3) is 0 Å². The van der Waals surface area contributed by atoms with Crippen molar-refractivity contribution < 1.29 is 34.8 Å². The largest absolute Gasteiger partial charge is 0.481 e. The minimum atomic E-state index is -1.18. The second-order valence-electron chi connectivity index (χ2n) is 14.2. The van der Waals surface area contributed by atoms with Gasteiger partial charge in [0.05, 0.1) is 29.1 Å². The molecule has 0 radical (unpaired) electrons. The fourth-order valence-electron chi connectivity index (χ4n) is 10.0. The molecule has 7 heteroatoms. The van der Waals surface area contributed by atoms with Crippen LogP contribution in [0.1, 0.15) is 91.9 Å². The molecule has 0 spiro atoms. The molecule has 5 aliphatic rings. The van der Waals surface area contributed by atoms with Crippen molar-refractivity contribution in [1.82, 2.24) is 0 Å². The van der Waals surface area contributed by atoms with Crippen molar-refractivity contribution in [2.45, 2.75) is 110 Å². The molecule has 0 aromatic rings. The van der Waals surface area contributed by atoms with Crippen molar-refractivity contribution in [1.29, 1.82) is 0 Å². The van der Waals surface area contributed by atoms with Crippen molar-refractivity contribution in [3.05, 3.63) is 11.1 Å². The Morgan fingerprint density at radius 3 is 2.22 bits per heavy atom. The Morgan fingerprint density at radius 2 is 1.59 bits per heavy atom. The van der Waals surface area contributed by atoms with Crippen LogP contribution >= 0.6 is 0 Å². The van der Waals surface area contributed by atoms with Crippen LogP contribution in [-0.2, 0) is 14.3 Å². The fourth-order valence-corrected chi connectivity index (χ4v) is 10.0. The molecular weight excluding hydrogens is 472 g/mol. The predicted molar refractivity (Wildman–Crippen MR) is 138 cm³/mol. The highest BCUT2D eigenvalue weighted by atomic mass is 16.5. The van der Waals surface area contributed by atoms with Gasteiger partial charge < -0.3 is 25.2 Å². The van der Waals surface area contributed by atoms with Gasteiger partial charge in [-0.1, -0.05) is 31.9 Å². The number of aliphatic hydroxyl groups is 2. The van der Waals surface area contributed by atoms with Gasteiger partial charge in [-0.05, 0) is 99.7 Å². The molecule has 7 nitrogen and oxygen atoms in total. The lowest BCUT2D eigenvalue weighted by atomic mass is 9.43. The molecule has 37 heavy (non-hydrogen) atoms. The standard InChI is InChI=1S/C30H46O7/c1-27(2)12-13-30(26(35)36)11-8-17-18-6-7-21-28(3,10-9-22(31)29(21,4)25(33)34)20(18)15-16(37-5)14-19(17)23(30)24(27)32/h16,18,20-24,31-32H,6-15H2,1-5H3,(H,33,34)(H,35,36)/t16-,18+,20+,21-,22-,23-,24+,28-,29-,30-/m1/s1. The summed E-state index contributed by atoms with van der Waals surface area (Å²) in [6, 6.07) is 0. The number of rotatable bonds is 3. The lowest BCUT2D eigenvalue weighted by Gasteiger charge is -2.61. The first-order valence-corrected chi connectivity index (χ1v) is 14.3. The fraction of sp³-hybridized carbons (Fsp3) is 0.867. The monoisotopic (exact) mass is 518 g/mol. The molecule has 208 valence electrons. The van der Waals surface area contributed by atoms with Crippen LogP contribution in [0.2, 0.25) is 0 Å². The van der Waals surface area contributed by atoms with E-state index in [0.29, 0.717) is 32.1 Å². The van der Waals surface area contributed by atoms with Crippen LogP contribution in [0.15, 0.2) is 11.1 Å². The Kier molecular flexibility index (Phi) is 6.44. The number of allylic oxidation sites excluding steroid dienone is 1. The number of carboxylic acids is 2. The number of hydrogen-bond donors (Lipinski definition) is 4. The average Bonchev–Trinajstić information content (AvgIpc) is 3.01. The van der Waals surface area contributed by atoms with Gasteiger partial charge in [-0.2, -0.15) is 0 Å². The number of aliphatic hydroxyl groups excluding tert-OH is 2. The molecule has 0 bridgehead atoms. The third kappa shape index (κ3) is 3.62. The van der Waals surface area contributed by atoms with E-state index in [9.17, 15) is 30.0 Å². The summed E-state index contributed by atoms with van der Waals surface area (Å²) >= 11 is 0. The summed E-state index contributed by atoms with van der Waals surface area (Å²) in [7, 11) is 1.72. The summed E-state index contributed by atoms with van der Waals surface area (Å²) in [4.78, 5) is 25.4. The maximum atomic E-state index is 12.8. The number of fused-ring (bicyclic) bond motifs is 6. The Labute approximate surface area is 220 Å². The van der Waals surface area contributed by atoms with Gasteiger partial charge in [-0.15, -0.1) is 0 Å². The van der Waals surface area contributed by atoms with E-state index in [1.54, 1.807) is 14.0 Å². The zero-order chi connectivity index (χ0) is 27.1. The normalized spacial score (nSPS) is 49.1. The highest BCUT2D eigenvalue weighted by molar-refractivity contribution is 5.77. The van der Waals surface area contributed by atoms with Gasteiger partial charge in [-0.25, -0.2) is 0 Å².